The Morgan fingerprint density at radius 1 is 0.260 bits per heavy atom. The maximum absolute atomic E-state index is 6.15. The van der Waals surface area contributed by atoms with Crippen LogP contribution >= 0.6 is 131 Å². The van der Waals surface area contributed by atoms with Gasteiger partial charge in [0.2, 0.25) is 0 Å². The first kappa shape index (κ1) is 104. The molecule has 5 aromatic carbocycles. The van der Waals surface area contributed by atoms with Crippen molar-refractivity contribution in [2.45, 2.75) is 188 Å². The quantitative estimate of drug-likeness (QED) is 0.0253. The minimum atomic E-state index is 0. The van der Waals surface area contributed by atoms with E-state index >= 15 is 0 Å². The lowest BCUT2D eigenvalue weighted by Crippen LogP contribution is -2.30. The van der Waals surface area contributed by atoms with Crippen molar-refractivity contribution in [3.63, 3.8) is 0 Å². The van der Waals surface area contributed by atoms with E-state index in [9.17, 15) is 0 Å². The normalized spacial score (nSPS) is 20.7. The summed E-state index contributed by atoms with van der Waals surface area (Å²) < 4.78 is 0. The lowest BCUT2D eigenvalue weighted by molar-refractivity contribution is 0.356. The van der Waals surface area contributed by atoms with E-state index in [1.54, 1.807) is 56.7 Å². The van der Waals surface area contributed by atoms with E-state index in [0.717, 1.165) is 52.8 Å². The maximum Gasteiger partial charge on any atom is 0.141 e. The van der Waals surface area contributed by atoms with Gasteiger partial charge in [0.1, 0.15) is 29.2 Å². The van der Waals surface area contributed by atoms with Crippen LogP contribution in [0.4, 0.5) is 28.4 Å². The highest BCUT2D eigenvalue weighted by atomic mass is 35.5. The fourth-order valence-corrected chi connectivity index (χ4v) is 22.6. The van der Waals surface area contributed by atoms with Gasteiger partial charge in [-0.05, 0) is 337 Å². The van der Waals surface area contributed by atoms with E-state index in [1.165, 1.54) is 211 Å². The minimum Gasteiger partial charge on any atom is -0.383 e. The molecule has 5 fully saturated rings. The predicted octanol–water partition coefficient (Wildman–Crippen LogP) is 25.1. The van der Waals surface area contributed by atoms with Crippen molar-refractivity contribution >= 4 is 243 Å². The predicted molar refractivity (Wildman–Crippen MR) is 579 cm³/mol. The number of amidine groups is 5. The summed E-state index contributed by atoms with van der Waals surface area (Å²) in [5.41, 5.74) is 48.3. The van der Waals surface area contributed by atoms with E-state index < -0.39 is 0 Å². The molecule has 5 saturated carbocycles. The number of aliphatic imine (C=N–C) groups is 5. The van der Waals surface area contributed by atoms with Gasteiger partial charge >= 0.3 is 0 Å². The number of aromatic amines is 5. The Bertz CT molecular complexity index is 5290. The summed E-state index contributed by atoms with van der Waals surface area (Å²) in [6.45, 7) is 0. The largest absolute Gasteiger partial charge is 0.383 e. The first-order valence-electron chi connectivity index (χ1n) is 44.5. The molecule has 0 bridgehead atoms. The van der Waals surface area contributed by atoms with E-state index in [2.05, 4.69) is 203 Å². The molecular formula is C100H126Cl6N20S5. The van der Waals surface area contributed by atoms with E-state index in [0.29, 0.717) is 89.0 Å². The highest BCUT2D eigenvalue weighted by Crippen LogP contribution is 2.44. The third-order valence-corrected chi connectivity index (χ3v) is 30.7. The van der Waals surface area contributed by atoms with Gasteiger partial charge in [-0.15, -0.1) is 131 Å². The monoisotopic (exact) mass is 1980 g/mol. The van der Waals surface area contributed by atoms with Gasteiger partial charge in [0.25, 0.3) is 0 Å². The number of aromatic nitrogens is 5. The Morgan fingerprint density at radius 3 is 0.588 bits per heavy atom. The van der Waals surface area contributed by atoms with Gasteiger partial charge in [-0.3, -0.25) is 0 Å². The first-order valence-corrected chi connectivity index (χ1v) is 48.9. The summed E-state index contributed by atoms with van der Waals surface area (Å²) in [4.78, 5) is 45.3. The van der Waals surface area contributed by atoms with Gasteiger partial charge in [0.15, 0.2) is 0 Å². The molecule has 5 aliphatic rings. The number of hydrogen-bond donors (Lipinski definition) is 15. The first-order chi connectivity index (χ1) is 61.2. The molecule has 10 unspecified atom stereocenters. The minimum absolute atomic E-state index is 0. The van der Waals surface area contributed by atoms with Gasteiger partial charge in [-0.25, -0.2) is 25.0 Å². The van der Waals surface area contributed by atoms with Crippen LogP contribution in [-0.4, -0.2) is 120 Å². The molecule has 20 rings (SSSR count). The third kappa shape index (κ3) is 26.2. The summed E-state index contributed by atoms with van der Waals surface area (Å²) in [5.74, 6) is 5.94. The van der Waals surface area contributed by atoms with Crippen molar-refractivity contribution in [2.24, 2.45) is 53.6 Å². The van der Waals surface area contributed by atoms with Crippen LogP contribution in [0.2, 0.25) is 0 Å². The number of halogens is 6. The molecule has 131 heavy (non-hydrogen) atoms. The van der Waals surface area contributed by atoms with Crippen molar-refractivity contribution < 1.29 is 0 Å². The number of H-pyrrole nitrogens is 5. The van der Waals surface area contributed by atoms with Crippen molar-refractivity contribution in [2.75, 3.05) is 35.2 Å². The van der Waals surface area contributed by atoms with Crippen LogP contribution < -0.4 is 55.3 Å². The Balaban J connectivity index is 0.000000168. The Hall–Kier alpha value is -8.81. The summed E-state index contributed by atoms with van der Waals surface area (Å²) in [5, 5.41) is 33.7. The topological polar surface area (TPSA) is 331 Å². The molecule has 10 atom stereocenters. The third-order valence-electron chi connectivity index (χ3n) is 26.2. The molecule has 0 saturated heterocycles. The van der Waals surface area contributed by atoms with E-state index in [4.69, 9.17) is 28.7 Å². The molecule has 0 radical (unpaired) electrons. The van der Waals surface area contributed by atoms with Crippen LogP contribution in [0.25, 0.3) is 54.5 Å². The molecule has 20 N–H and O–H groups in total. The van der Waals surface area contributed by atoms with Gasteiger partial charge < -0.3 is 80.2 Å². The number of rotatable bonds is 20. The van der Waals surface area contributed by atoms with Crippen molar-refractivity contribution in [3.05, 3.63) is 262 Å². The Kier molecular flexibility index (Phi) is 40.2. The molecule has 15 aromatic rings. The average molecular weight is 1980 g/mol. The van der Waals surface area contributed by atoms with Crippen LogP contribution in [0, 0.1) is 0 Å². The summed E-state index contributed by atoms with van der Waals surface area (Å²) in [7, 11) is 10.4. The second-order valence-corrected chi connectivity index (χ2v) is 38.7. The number of fused-ring (bicyclic) bond motifs is 5. The van der Waals surface area contributed by atoms with Gasteiger partial charge in [0.05, 0.1) is 52.8 Å². The number of thiophene rings is 5. The lowest BCUT2D eigenvalue weighted by atomic mass is 9.81. The van der Waals surface area contributed by atoms with E-state index in [-0.39, 0.29) is 74.4 Å². The summed E-state index contributed by atoms with van der Waals surface area (Å²) in [6.07, 6.45) is 36.1. The molecule has 0 spiro atoms. The number of nitrogens with two attached hydrogens (primary N) is 5. The standard InChI is InChI=1S/5C20H24N4S.6ClH/c5*1-22-14-5-2-4-13(10-14)17-12-23-18-8-7-15(11-16(17)18)24-20(21)19-6-3-9-25-19;;;;;;/h5*3,6-9,11-14,22-23H,2,4-5,10H2,1H3,(H2,21,24);6*1H. The van der Waals surface area contributed by atoms with Gasteiger partial charge in [-0.1, -0.05) is 62.4 Å². The fraction of sp³-hybridized carbons (Fsp3) is 0.350. The molecule has 31 heteroatoms. The molecule has 20 nitrogen and oxygen atoms in total. The lowest BCUT2D eigenvalue weighted by Gasteiger charge is -2.28. The summed E-state index contributed by atoms with van der Waals surface area (Å²) >= 11 is 8.08. The average Bonchev–Trinajstić information content (AvgIpc) is 1.68. The Morgan fingerprint density at radius 2 is 0.435 bits per heavy atom. The number of nitrogens with one attached hydrogen (secondary N) is 10. The molecule has 10 heterocycles. The van der Waals surface area contributed by atoms with E-state index in [1.807, 2.05) is 118 Å². The van der Waals surface area contributed by atoms with Crippen molar-refractivity contribution in [1.82, 2.24) is 51.5 Å². The molecule has 5 aliphatic carbocycles. The number of hydrogen-bond acceptors (Lipinski definition) is 15. The zero-order chi connectivity index (χ0) is 86.1. The zero-order valence-corrected chi connectivity index (χ0v) is 83.7. The number of nitrogens with zero attached hydrogens (tertiary/aromatic N) is 5. The maximum atomic E-state index is 6.15. The molecule has 0 amide bonds. The van der Waals surface area contributed by atoms with Crippen LogP contribution in [-0.2, 0) is 0 Å². The second kappa shape index (κ2) is 50.5. The van der Waals surface area contributed by atoms with Gasteiger partial charge in [0, 0.05) is 116 Å². The van der Waals surface area contributed by atoms with Crippen LogP contribution in [0.5, 0.6) is 0 Å². The second-order valence-electron chi connectivity index (χ2n) is 34.0. The fourth-order valence-electron chi connectivity index (χ4n) is 19.5. The highest BCUT2D eigenvalue weighted by molar-refractivity contribution is 7.13. The number of benzene rings is 5. The van der Waals surface area contributed by atoms with Crippen LogP contribution in [0.15, 0.2) is 235 Å². The SMILES string of the molecule is CNC1CCCC(c2c[nH]c3ccc(N=C(N)c4cccs4)cc23)C1.CNC1CCCC(c2c[nH]c3ccc(N=C(N)c4cccs4)cc23)C1.CNC1CCCC(c2c[nH]c3ccc(N=C(N)c4cccs4)cc23)C1.CNC1CCCC(c2c[nH]c3ccc(N=C(N)c4cccs4)cc23)C1.CNC1CCCC(c2c[nH]c3ccc(N=C(N)c4cccs4)cc23)C1.Cl.Cl.Cl.Cl.Cl.Cl. The van der Waals surface area contributed by atoms with Gasteiger partial charge in [-0.2, -0.15) is 0 Å². The molecule has 0 aliphatic heterocycles. The van der Waals surface area contributed by atoms with Crippen molar-refractivity contribution in [1.29, 1.82) is 0 Å². The zero-order valence-electron chi connectivity index (χ0n) is 74.7. The highest BCUT2D eigenvalue weighted by Gasteiger charge is 2.30. The summed E-state index contributed by atoms with van der Waals surface area (Å²) in [6, 6.07) is 54.7. The molecule has 698 valence electrons. The molecule has 10 aromatic heterocycles. The van der Waals surface area contributed by atoms with Crippen LogP contribution in [0.1, 0.15) is 210 Å². The smallest absolute Gasteiger partial charge is 0.141 e. The van der Waals surface area contributed by atoms with Crippen molar-refractivity contribution in [3.8, 4) is 0 Å². The molecular weight excluding hydrogens is 1850 g/mol. The Labute approximate surface area is 826 Å². The van der Waals surface area contributed by atoms with Crippen LogP contribution in [0.3, 0.4) is 0 Å².